The minimum atomic E-state index is -0.814. The number of anilines is 2. The third kappa shape index (κ3) is 2.79. The molecule has 1 aromatic carbocycles. The summed E-state index contributed by atoms with van der Waals surface area (Å²) >= 11 is 0. The number of aromatic nitrogens is 1. The molecule has 0 aliphatic carbocycles. The predicted molar refractivity (Wildman–Crippen MR) is 80.2 cm³/mol. The van der Waals surface area contributed by atoms with Crippen LogP contribution in [0.15, 0.2) is 30.5 Å². The maximum absolute atomic E-state index is 10.2. The summed E-state index contributed by atoms with van der Waals surface area (Å²) in [6, 6.07) is 7.77. The summed E-state index contributed by atoms with van der Waals surface area (Å²) in [4.78, 5) is 4.31. The number of rotatable bonds is 4. The Morgan fingerprint density at radius 3 is 2.68 bits per heavy atom. The van der Waals surface area contributed by atoms with Crippen LogP contribution in [0.4, 0.5) is 11.4 Å². The molecule has 0 bridgehead atoms. The van der Waals surface area contributed by atoms with Crippen LogP contribution >= 0.6 is 0 Å². The second-order valence-electron chi connectivity index (χ2n) is 5.36. The highest BCUT2D eigenvalue weighted by Crippen LogP contribution is 2.30. The van der Waals surface area contributed by atoms with Gasteiger partial charge in [0, 0.05) is 5.39 Å². The van der Waals surface area contributed by atoms with Gasteiger partial charge in [-0.05, 0) is 26.3 Å². The second kappa shape index (κ2) is 5.05. The van der Waals surface area contributed by atoms with Gasteiger partial charge in [-0.15, -0.1) is 0 Å². The van der Waals surface area contributed by atoms with E-state index in [9.17, 15) is 5.11 Å². The zero-order valence-electron chi connectivity index (χ0n) is 11.6. The van der Waals surface area contributed by atoms with E-state index in [0.717, 1.165) is 23.0 Å². The van der Waals surface area contributed by atoms with Gasteiger partial charge in [-0.25, -0.2) is 0 Å². The van der Waals surface area contributed by atoms with Gasteiger partial charge in [0.2, 0.25) is 0 Å². The van der Waals surface area contributed by atoms with Crippen LogP contribution in [0.1, 0.15) is 27.2 Å². The standard InChI is InChI=1S/C15H21N3O/c1-4-13(15(2,3)19)18-14-10-7-5-6-8-12(10)17-9-11(14)16/h5-9,13,19H,4,16H2,1-3H3,(H,17,18). The number of pyridine rings is 1. The van der Waals surface area contributed by atoms with E-state index < -0.39 is 5.60 Å². The number of nitrogens with two attached hydrogens (primary N) is 1. The van der Waals surface area contributed by atoms with Crippen LogP contribution in [0.2, 0.25) is 0 Å². The summed E-state index contributed by atoms with van der Waals surface area (Å²) in [7, 11) is 0. The van der Waals surface area contributed by atoms with E-state index in [1.54, 1.807) is 20.0 Å². The van der Waals surface area contributed by atoms with E-state index in [2.05, 4.69) is 10.3 Å². The van der Waals surface area contributed by atoms with Gasteiger partial charge >= 0.3 is 0 Å². The SMILES string of the molecule is CCC(Nc1c(N)cnc2ccccc12)C(C)(C)O. The third-order valence-corrected chi connectivity index (χ3v) is 3.38. The van der Waals surface area contributed by atoms with Crippen molar-refractivity contribution in [1.29, 1.82) is 0 Å². The Morgan fingerprint density at radius 2 is 2.05 bits per heavy atom. The van der Waals surface area contributed by atoms with Crippen molar-refractivity contribution in [3.05, 3.63) is 30.5 Å². The summed E-state index contributed by atoms with van der Waals surface area (Å²) in [5.41, 5.74) is 7.55. The molecule has 0 spiro atoms. The highest BCUT2D eigenvalue weighted by molar-refractivity contribution is 5.96. The van der Waals surface area contributed by atoms with Crippen LogP contribution < -0.4 is 11.1 Å². The van der Waals surface area contributed by atoms with Crippen LogP contribution in [0.5, 0.6) is 0 Å². The molecule has 19 heavy (non-hydrogen) atoms. The first-order valence-electron chi connectivity index (χ1n) is 6.55. The van der Waals surface area contributed by atoms with E-state index in [1.807, 2.05) is 31.2 Å². The predicted octanol–water partition coefficient (Wildman–Crippen LogP) is 2.78. The Hall–Kier alpha value is -1.81. The Balaban J connectivity index is 2.47. The number of hydrogen-bond acceptors (Lipinski definition) is 4. The van der Waals surface area contributed by atoms with Gasteiger partial charge in [-0.1, -0.05) is 25.1 Å². The Labute approximate surface area is 113 Å². The first-order valence-corrected chi connectivity index (χ1v) is 6.55. The molecule has 0 saturated carbocycles. The average molecular weight is 259 g/mol. The van der Waals surface area contributed by atoms with E-state index in [-0.39, 0.29) is 6.04 Å². The molecule has 0 fully saturated rings. The van der Waals surface area contributed by atoms with Crippen LogP contribution in [0.25, 0.3) is 10.9 Å². The maximum Gasteiger partial charge on any atom is 0.0791 e. The molecule has 1 heterocycles. The van der Waals surface area contributed by atoms with Crippen molar-refractivity contribution < 1.29 is 5.11 Å². The molecular weight excluding hydrogens is 238 g/mol. The zero-order chi connectivity index (χ0) is 14.0. The van der Waals surface area contributed by atoms with Crippen molar-refractivity contribution in [2.75, 3.05) is 11.1 Å². The first-order chi connectivity index (χ1) is 8.93. The lowest BCUT2D eigenvalue weighted by Crippen LogP contribution is -2.41. The molecule has 2 rings (SSSR count). The maximum atomic E-state index is 10.2. The Kier molecular flexibility index (Phi) is 3.62. The fourth-order valence-corrected chi connectivity index (χ4v) is 2.27. The number of nitrogens with one attached hydrogen (secondary N) is 1. The number of nitrogen functional groups attached to an aromatic ring is 1. The minimum absolute atomic E-state index is 0.0689. The van der Waals surface area contributed by atoms with E-state index in [0.29, 0.717) is 5.69 Å². The lowest BCUT2D eigenvalue weighted by atomic mass is 9.96. The van der Waals surface area contributed by atoms with Crippen LogP contribution in [0, 0.1) is 0 Å². The van der Waals surface area contributed by atoms with E-state index >= 15 is 0 Å². The minimum Gasteiger partial charge on any atom is -0.396 e. The van der Waals surface area contributed by atoms with Gasteiger partial charge in [0.15, 0.2) is 0 Å². The van der Waals surface area contributed by atoms with Gasteiger partial charge in [0.1, 0.15) is 0 Å². The van der Waals surface area contributed by atoms with Crippen molar-refractivity contribution in [3.63, 3.8) is 0 Å². The summed E-state index contributed by atoms with van der Waals surface area (Å²) in [6.07, 6.45) is 2.46. The highest BCUT2D eigenvalue weighted by atomic mass is 16.3. The number of fused-ring (bicyclic) bond motifs is 1. The summed E-state index contributed by atoms with van der Waals surface area (Å²) in [5.74, 6) is 0. The highest BCUT2D eigenvalue weighted by Gasteiger charge is 2.26. The van der Waals surface area contributed by atoms with Crippen molar-refractivity contribution in [2.24, 2.45) is 0 Å². The number of nitrogens with zero attached hydrogens (tertiary/aromatic N) is 1. The van der Waals surface area contributed by atoms with Gasteiger partial charge in [-0.2, -0.15) is 0 Å². The zero-order valence-corrected chi connectivity index (χ0v) is 11.6. The average Bonchev–Trinajstić information content (AvgIpc) is 2.36. The normalized spacial score (nSPS) is 13.5. The molecule has 4 heteroatoms. The van der Waals surface area contributed by atoms with Crippen LogP contribution in [-0.2, 0) is 0 Å². The number of benzene rings is 1. The van der Waals surface area contributed by atoms with Gasteiger partial charge in [0.25, 0.3) is 0 Å². The van der Waals surface area contributed by atoms with Gasteiger partial charge in [0.05, 0.1) is 34.7 Å². The topological polar surface area (TPSA) is 71.2 Å². The lowest BCUT2D eigenvalue weighted by molar-refractivity contribution is 0.0580. The van der Waals surface area contributed by atoms with Crippen LogP contribution in [0.3, 0.4) is 0 Å². The van der Waals surface area contributed by atoms with Crippen LogP contribution in [-0.4, -0.2) is 21.7 Å². The molecule has 1 atom stereocenters. The molecule has 102 valence electrons. The molecule has 4 N–H and O–H groups in total. The van der Waals surface area contributed by atoms with Gasteiger partial charge in [-0.3, -0.25) is 4.98 Å². The second-order valence-corrected chi connectivity index (χ2v) is 5.36. The molecular formula is C15H21N3O. The van der Waals surface area contributed by atoms with Crippen molar-refractivity contribution in [2.45, 2.75) is 38.8 Å². The largest absolute Gasteiger partial charge is 0.396 e. The molecule has 4 nitrogen and oxygen atoms in total. The molecule has 1 aromatic heterocycles. The van der Waals surface area contributed by atoms with Crippen molar-refractivity contribution in [1.82, 2.24) is 4.98 Å². The smallest absolute Gasteiger partial charge is 0.0791 e. The Morgan fingerprint density at radius 1 is 1.37 bits per heavy atom. The molecule has 0 saturated heterocycles. The molecule has 0 radical (unpaired) electrons. The monoisotopic (exact) mass is 259 g/mol. The lowest BCUT2D eigenvalue weighted by Gasteiger charge is -2.31. The third-order valence-electron chi connectivity index (χ3n) is 3.38. The molecule has 2 aromatic rings. The van der Waals surface area contributed by atoms with Gasteiger partial charge < -0.3 is 16.2 Å². The quantitative estimate of drug-likeness (QED) is 0.789. The summed E-state index contributed by atoms with van der Waals surface area (Å²) in [6.45, 7) is 5.64. The summed E-state index contributed by atoms with van der Waals surface area (Å²) in [5, 5.41) is 14.5. The number of hydrogen-bond donors (Lipinski definition) is 3. The fraction of sp³-hybridized carbons (Fsp3) is 0.400. The first kappa shape index (κ1) is 13.6. The fourth-order valence-electron chi connectivity index (χ4n) is 2.27. The molecule has 0 amide bonds. The Bertz CT molecular complexity index is 575. The number of aliphatic hydroxyl groups is 1. The number of para-hydroxylation sites is 1. The van der Waals surface area contributed by atoms with E-state index in [4.69, 9.17) is 5.73 Å². The van der Waals surface area contributed by atoms with Crippen molar-refractivity contribution >= 4 is 22.3 Å². The van der Waals surface area contributed by atoms with E-state index in [1.165, 1.54) is 0 Å². The summed E-state index contributed by atoms with van der Waals surface area (Å²) < 4.78 is 0. The molecule has 0 aliphatic rings. The molecule has 0 aliphatic heterocycles. The van der Waals surface area contributed by atoms with Crippen molar-refractivity contribution in [3.8, 4) is 0 Å². The molecule has 1 unspecified atom stereocenters.